The summed E-state index contributed by atoms with van der Waals surface area (Å²) in [6.45, 7) is 0. The van der Waals surface area contributed by atoms with Crippen molar-refractivity contribution < 1.29 is 0 Å². The molecular weight excluding hydrogens is 185 g/mol. The third-order valence-corrected chi connectivity index (χ3v) is 1.75. The highest BCUT2D eigenvalue weighted by Crippen LogP contribution is 2.13. The number of fused-ring (bicyclic) bond motifs is 1. The van der Waals surface area contributed by atoms with Gasteiger partial charge < -0.3 is 0 Å². The van der Waals surface area contributed by atoms with Crippen LogP contribution in [0, 0.1) is 0 Å². The molecule has 2 aromatic heterocycles. The van der Waals surface area contributed by atoms with Crippen molar-refractivity contribution in [2.45, 2.75) is 0 Å². The van der Waals surface area contributed by atoms with Gasteiger partial charge in [-0.3, -0.25) is 0 Å². The van der Waals surface area contributed by atoms with Crippen LogP contribution >= 0.6 is 23.2 Å². The Morgan fingerprint density at radius 1 is 1.27 bits per heavy atom. The summed E-state index contributed by atoms with van der Waals surface area (Å²) in [6.07, 6.45) is 3.04. The van der Waals surface area contributed by atoms with E-state index in [0.717, 1.165) is 0 Å². The van der Waals surface area contributed by atoms with E-state index in [1.165, 1.54) is 16.9 Å². The topological polar surface area (TPSA) is 30.2 Å². The molecule has 2 aromatic rings. The average Bonchev–Trinajstić information content (AvgIpc) is 2.32. The zero-order valence-corrected chi connectivity index (χ0v) is 6.84. The number of nitrogens with zero attached hydrogens (tertiary/aromatic N) is 3. The molecule has 5 heteroatoms. The van der Waals surface area contributed by atoms with Crippen molar-refractivity contribution >= 4 is 28.8 Å². The van der Waals surface area contributed by atoms with E-state index >= 15 is 0 Å². The van der Waals surface area contributed by atoms with E-state index in [1.807, 2.05) is 0 Å². The van der Waals surface area contributed by atoms with Gasteiger partial charge in [0.05, 0.1) is 17.4 Å². The first-order valence-corrected chi connectivity index (χ1v) is 3.68. The molecule has 0 N–H and O–H groups in total. The molecule has 0 fully saturated rings. The fraction of sp³-hybridized carbons (Fsp3) is 0. The van der Waals surface area contributed by atoms with Crippen molar-refractivity contribution in [1.29, 1.82) is 0 Å². The van der Waals surface area contributed by atoms with Gasteiger partial charge in [-0.1, -0.05) is 23.2 Å². The van der Waals surface area contributed by atoms with Gasteiger partial charge in [0.2, 0.25) is 0 Å². The van der Waals surface area contributed by atoms with Crippen LogP contribution in [0.2, 0.25) is 10.2 Å². The van der Waals surface area contributed by atoms with Crippen molar-refractivity contribution in [3.05, 3.63) is 28.6 Å². The Morgan fingerprint density at radius 2 is 2.09 bits per heavy atom. The van der Waals surface area contributed by atoms with Crippen LogP contribution in [0.4, 0.5) is 0 Å². The van der Waals surface area contributed by atoms with Crippen LogP contribution in [-0.2, 0) is 0 Å². The summed E-state index contributed by atoms with van der Waals surface area (Å²) in [5.74, 6) is 0. The first-order valence-electron chi connectivity index (χ1n) is 2.92. The Bertz CT molecular complexity index is 396. The Labute approximate surface area is 72.6 Å². The number of imidazole rings is 1. The Morgan fingerprint density at radius 3 is 2.91 bits per heavy atom. The minimum Gasteiger partial charge on any atom is -0.234 e. The quantitative estimate of drug-likeness (QED) is 0.633. The van der Waals surface area contributed by atoms with E-state index in [0.29, 0.717) is 15.8 Å². The SMILES string of the molecule is Clc1cnn2c(Cl)cnc2c1. The third-order valence-electron chi connectivity index (χ3n) is 1.29. The van der Waals surface area contributed by atoms with Crippen molar-refractivity contribution in [2.75, 3.05) is 0 Å². The first-order chi connectivity index (χ1) is 5.27. The fourth-order valence-corrected chi connectivity index (χ4v) is 1.14. The van der Waals surface area contributed by atoms with Crippen LogP contribution in [0.25, 0.3) is 5.65 Å². The Hall–Kier alpha value is -0.800. The molecule has 0 saturated carbocycles. The summed E-state index contributed by atoms with van der Waals surface area (Å²) >= 11 is 11.4. The van der Waals surface area contributed by atoms with Crippen LogP contribution < -0.4 is 0 Å². The monoisotopic (exact) mass is 187 g/mol. The Kier molecular flexibility index (Phi) is 1.47. The lowest BCUT2D eigenvalue weighted by Gasteiger charge is -1.91. The molecule has 0 spiro atoms. The van der Waals surface area contributed by atoms with Crippen LogP contribution in [0.15, 0.2) is 18.5 Å². The minimum absolute atomic E-state index is 0.483. The minimum atomic E-state index is 0.483. The molecule has 0 unspecified atom stereocenters. The summed E-state index contributed by atoms with van der Waals surface area (Å²) in [5, 5.41) is 4.97. The van der Waals surface area contributed by atoms with Gasteiger partial charge in [-0.05, 0) is 0 Å². The van der Waals surface area contributed by atoms with Gasteiger partial charge in [0.25, 0.3) is 0 Å². The molecule has 0 aliphatic heterocycles. The average molecular weight is 188 g/mol. The van der Waals surface area contributed by atoms with Crippen molar-refractivity contribution in [3.8, 4) is 0 Å². The van der Waals surface area contributed by atoms with Crippen LogP contribution in [0.5, 0.6) is 0 Å². The van der Waals surface area contributed by atoms with Gasteiger partial charge in [-0.2, -0.15) is 5.10 Å². The molecule has 0 bridgehead atoms. The predicted molar refractivity (Wildman–Crippen MR) is 43.0 cm³/mol. The molecular formula is C6H3Cl2N3. The summed E-state index contributed by atoms with van der Waals surface area (Å²) < 4.78 is 1.51. The highest BCUT2D eigenvalue weighted by Gasteiger charge is 2.00. The molecule has 56 valence electrons. The van der Waals surface area contributed by atoms with Crippen molar-refractivity contribution in [3.63, 3.8) is 0 Å². The highest BCUT2D eigenvalue weighted by molar-refractivity contribution is 6.31. The van der Waals surface area contributed by atoms with E-state index in [4.69, 9.17) is 23.2 Å². The zero-order valence-electron chi connectivity index (χ0n) is 5.33. The maximum atomic E-state index is 5.72. The van der Waals surface area contributed by atoms with Gasteiger partial charge in [0.1, 0.15) is 0 Å². The smallest absolute Gasteiger partial charge is 0.156 e. The van der Waals surface area contributed by atoms with E-state index < -0.39 is 0 Å². The second kappa shape index (κ2) is 2.36. The van der Waals surface area contributed by atoms with E-state index in [1.54, 1.807) is 6.07 Å². The van der Waals surface area contributed by atoms with Crippen molar-refractivity contribution in [2.24, 2.45) is 0 Å². The fourth-order valence-electron chi connectivity index (χ4n) is 0.824. The molecule has 2 rings (SSSR count). The van der Waals surface area contributed by atoms with E-state index in [9.17, 15) is 0 Å². The molecule has 11 heavy (non-hydrogen) atoms. The van der Waals surface area contributed by atoms with Crippen LogP contribution in [0.1, 0.15) is 0 Å². The van der Waals surface area contributed by atoms with E-state index in [2.05, 4.69) is 10.1 Å². The van der Waals surface area contributed by atoms with E-state index in [-0.39, 0.29) is 0 Å². The van der Waals surface area contributed by atoms with Gasteiger partial charge in [-0.25, -0.2) is 9.50 Å². The summed E-state index contributed by atoms with van der Waals surface area (Å²) in [4.78, 5) is 3.96. The summed E-state index contributed by atoms with van der Waals surface area (Å²) in [5.41, 5.74) is 0.655. The molecule has 0 aliphatic rings. The number of aromatic nitrogens is 3. The second-order valence-electron chi connectivity index (χ2n) is 2.02. The number of hydrogen-bond acceptors (Lipinski definition) is 2. The molecule has 0 radical (unpaired) electrons. The predicted octanol–water partition coefficient (Wildman–Crippen LogP) is 2.04. The van der Waals surface area contributed by atoms with Gasteiger partial charge >= 0.3 is 0 Å². The Balaban J connectivity index is 2.86. The van der Waals surface area contributed by atoms with Gasteiger partial charge in [0.15, 0.2) is 10.8 Å². The standard InChI is InChI=1S/C6H3Cl2N3/c7-4-1-6-9-3-5(8)11(6)10-2-4/h1-3H. The maximum absolute atomic E-state index is 5.72. The second-order valence-corrected chi connectivity index (χ2v) is 2.85. The molecule has 2 heterocycles. The zero-order chi connectivity index (χ0) is 7.84. The molecule has 3 nitrogen and oxygen atoms in total. The highest BCUT2D eigenvalue weighted by atomic mass is 35.5. The van der Waals surface area contributed by atoms with Crippen LogP contribution in [0.3, 0.4) is 0 Å². The molecule has 0 saturated heterocycles. The lowest BCUT2D eigenvalue weighted by atomic mass is 10.6. The van der Waals surface area contributed by atoms with Gasteiger partial charge in [0, 0.05) is 6.07 Å². The van der Waals surface area contributed by atoms with Gasteiger partial charge in [-0.15, -0.1) is 0 Å². The maximum Gasteiger partial charge on any atom is 0.156 e. The summed E-state index contributed by atoms with van der Waals surface area (Å²) in [6, 6.07) is 1.69. The molecule has 0 amide bonds. The number of halogens is 2. The lowest BCUT2D eigenvalue weighted by molar-refractivity contribution is 0.937. The lowest BCUT2D eigenvalue weighted by Crippen LogP contribution is -1.89. The number of rotatable bonds is 0. The third kappa shape index (κ3) is 1.06. The number of hydrogen-bond donors (Lipinski definition) is 0. The molecule has 0 aromatic carbocycles. The molecule has 0 aliphatic carbocycles. The normalized spacial score (nSPS) is 10.7. The van der Waals surface area contributed by atoms with Crippen molar-refractivity contribution in [1.82, 2.24) is 14.6 Å². The summed E-state index contributed by atoms with van der Waals surface area (Å²) in [7, 11) is 0. The first kappa shape index (κ1) is 6.88. The largest absolute Gasteiger partial charge is 0.234 e. The molecule has 0 atom stereocenters. The van der Waals surface area contributed by atoms with Crippen LogP contribution in [-0.4, -0.2) is 14.6 Å².